The molecule has 0 heterocycles. The maximum atomic E-state index is 10.9. The van der Waals surface area contributed by atoms with Crippen molar-refractivity contribution in [2.75, 3.05) is 7.05 Å². The molecule has 28 heavy (non-hydrogen) atoms. The van der Waals surface area contributed by atoms with Gasteiger partial charge in [-0.2, -0.15) is 0 Å². The lowest BCUT2D eigenvalue weighted by Gasteiger charge is -2.48. The molecule has 0 saturated carbocycles. The molecule has 0 aliphatic heterocycles. The lowest BCUT2D eigenvalue weighted by Crippen LogP contribution is -2.54. The normalized spacial score (nSPS) is 14.0. The maximum absolute atomic E-state index is 10.9. The first-order chi connectivity index (χ1) is 13.7. The van der Waals surface area contributed by atoms with Crippen LogP contribution >= 0.6 is 0 Å². The lowest BCUT2D eigenvalue weighted by molar-refractivity contribution is 0.0203. The summed E-state index contributed by atoms with van der Waals surface area (Å²) < 4.78 is 0. The van der Waals surface area contributed by atoms with Gasteiger partial charge < -0.3 is 5.11 Å². The second kappa shape index (κ2) is 9.18. The number of likely N-dealkylation sites (N-methyl/N-ethyl adjacent to an activating group) is 1. The van der Waals surface area contributed by atoms with Gasteiger partial charge in [-0.25, -0.2) is 0 Å². The van der Waals surface area contributed by atoms with Crippen molar-refractivity contribution in [3.63, 3.8) is 0 Å². The molecule has 3 aromatic rings. The van der Waals surface area contributed by atoms with Gasteiger partial charge in [0, 0.05) is 6.04 Å². The van der Waals surface area contributed by atoms with E-state index in [1.807, 2.05) is 0 Å². The molecule has 0 fully saturated rings. The summed E-state index contributed by atoms with van der Waals surface area (Å²) in [6.07, 6.45) is 1.22. The van der Waals surface area contributed by atoms with E-state index in [2.05, 4.69) is 117 Å². The SMILES string of the molecule is CCC(O)[C@H](CC)N(C)C(c1ccccc1)(c1ccccc1)c1ccccc1. The molecule has 2 heteroatoms. The summed E-state index contributed by atoms with van der Waals surface area (Å²) in [5.74, 6) is 0. The molecule has 0 bridgehead atoms. The van der Waals surface area contributed by atoms with Gasteiger partial charge >= 0.3 is 0 Å². The number of nitrogens with zero attached hydrogens (tertiary/aromatic N) is 1. The van der Waals surface area contributed by atoms with E-state index in [0.29, 0.717) is 0 Å². The van der Waals surface area contributed by atoms with E-state index < -0.39 is 5.54 Å². The molecular weight excluding hydrogens is 342 g/mol. The third kappa shape index (κ3) is 3.63. The summed E-state index contributed by atoms with van der Waals surface area (Å²) in [5, 5.41) is 10.9. The second-order valence-electron chi connectivity index (χ2n) is 7.37. The highest BCUT2D eigenvalue weighted by Crippen LogP contribution is 2.43. The Morgan fingerprint density at radius 1 is 0.679 bits per heavy atom. The molecule has 1 N–H and O–H groups in total. The number of rotatable bonds is 8. The first-order valence-electron chi connectivity index (χ1n) is 10.2. The van der Waals surface area contributed by atoms with Gasteiger partial charge in [-0.05, 0) is 36.6 Å². The number of aliphatic hydroxyl groups is 1. The summed E-state index contributed by atoms with van der Waals surface area (Å²) in [4.78, 5) is 2.38. The van der Waals surface area contributed by atoms with Crippen molar-refractivity contribution in [2.24, 2.45) is 0 Å². The Labute approximate surface area is 169 Å². The second-order valence-corrected chi connectivity index (χ2v) is 7.37. The first kappa shape index (κ1) is 20.3. The van der Waals surface area contributed by atoms with Crippen molar-refractivity contribution in [2.45, 2.75) is 44.4 Å². The molecule has 0 aliphatic rings. The zero-order valence-electron chi connectivity index (χ0n) is 17.1. The van der Waals surface area contributed by atoms with Crippen LogP contribution in [0.15, 0.2) is 91.0 Å². The van der Waals surface area contributed by atoms with E-state index in [-0.39, 0.29) is 12.1 Å². The van der Waals surface area contributed by atoms with Crippen LogP contribution in [0, 0.1) is 0 Å². The molecular formula is C26H31NO. The molecule has 0 radical (unpaired) electrons. The molecule has 0 saturated heterocycles. The van der Waals surface area contributed by atoms with Crippen LogP contribution in [0.3, 0.4) is 0 Å². The van der Waals surface area contributed by atoms with Gasteiger partial charge in [0.05, 0.1) is 11.6 Å². The van der Waals surface area contributed by atoms with E-state index in [1.165, 1.54) is 16.7 Å². The summed E-state index contributed by atoms with van der Waals surface area (Å²) in [5.41, 5.74) is 3.13. The Kier molecular flexibility index (Phi) is 6.66. The third-order valence-corrected chi connectivity index (χ3v) is 5.88. The Hall–Kier alpha value is -2.42. The molecule has 3 aromatic carbocycles. The number of benzene rings is 3. The van der Waals surface area contributed by atoms with E-state index >= 15 is 0 Å². The smallest absolute Gasteiger partial charge is 0.0973 e. The highest BCUT2D eigenvalue weighted by Gasteiger charge is 2.43. The summed E-state index contributed by atoms with van der Waals surface area (Å²) in [7, 11) is 2.15. The van der Waals surface area contributed by atoms with Crippen LogP contribution in [0.2, 0.25) is 0 Å². The molecule has 3 rings (SSSR count). The zero-order valence-corrected chi connectivity index (χ0v) is 17.1. The molecule has 146 valence electrons. The molecule has 0 aliphatic carbocycles. The topological polar surface area (TPSA) is 23.5 Å². The third-order valence-electron chi connectivity index (χ3n) is 5.88. The minimum absolute atomic E-state index is 0.0330. The predicted molar refractivity (Wildman–Crippen MR) is 117 cm³/mol. The Balaban J connectivity index is 2.34. The largest absolute Gasteiger partial charge is 0.392 e. The van der Waals surface area contributed by atoms with Crippen LogP contribution in [0.25, 0.3) is 0 Å². The Morgan fingerprint density at radius 2 is 1.04 bits per heavy atom. The Bertz CT molecular complexity index is 735. The van der Waals surface area contributed by atoms with Gasteiger partial charge in [0.25, 0.3) is 0 Å². The van der Waals surface area contributed by atoms with E-state index in [9.17, 15) is 5.11 Å². The van der Waals surface area contributed by atoms with Crippen molar-refractivity contribution < 1.29 is 5.11 Å². The molecule has 2 nitrogen and oxygen atoms in total. The van der Waals surface area contributed by atoms with Crippen molar-refractivity contribution in [1.29, 1.82) is 0 Å². The standard InChI is InChI=1S/C26H31NO/c1-4-24(25(28)5-2)27(3)26(21-15-9-6-10-16-21,22-17-11-7-12-18-22)23-19-13-8-14-20-23/h6-20,24-25,28H,4-5H2,1-3H3/t24-,25?/m0/s1. The number of hydrogen-bond acceptors (Lipinski definition) is 2. The van der Waals surface area contributed by atoms with Gasteiger partial charge in [-0.15, -0.1) is 0 Å². The van der Waals surface area contributed by atoms with E-state index in [0.717, 1.165) is 12.8 Å². The highest BCUT2D eigenvalue weighted by molar-refractivity contribution is 5.49. The van der Waals surface area contributed by atoms with Crippen LogP contribution in [-0.4, -0.2) is 29.2 Å². The molecule has 0 amide bonds. The molecule has 2 atom stereocenters. The quantitative estimate of drug-likeness (QED) is 0.530. The average molecular weight is 374 g/mol. The van der Waals surface area contributed by atoms with E-state index in [4.69, 9.17) is 0 Å². The molecule has 0 aromatic heterocycles. The number of aliphatic hydroxyl groups excluding tert-OH is 1. The van der Waals surface area contributed by atoms with Gasteiger partial charge in [-0.1, -0.05) is 105 Å². The maximum Gasteiger partial charge on any atom is 0.0973 e. The van der Waals surface area contributed by atoms with Gasteiger partial charge in [-0.3, -0.25) is 4.90 Å². The van der Waals surface area contributed by atoms with E-state index in [1.54, 1.807) is 0 Å². The Morgan fingerprint density at radius 3 is 1.32 bits per heavy atom. The fraction of sp³-hybridized carbons (Fsp3) is 0.308. The monoisotopic (exact) mass is 373 g/mol. The van der Waals surface area contributed by atoms with Crippen LogP contribution in [0.4, 0.5) is 0 Å². The lowest BCUT2D eigenvalue weighted by atomic mass is 9.74. The van der Waals surface area contributed by atoms with Crippen LogP contribution in [0.1, 0.15) is 43.4 Å². The highest BCUT2D eigenvalue weighted by atomic mass is 16.3. The predicted octanol–water partition coefficient (Wildman–Crippen LogP) is 5.46. The summed E-state index contributed by atoms with van der Waals surface area (Å²) >= 11 is 0. The van der Waals surface area contributed by atoms with Crippen molar-refractivity contribution >= 4 is 0 Å². The first-order valence-corrected chi connectivity index (χ1v) is 10.2. The van der Waals surface area contributed by atoms with Crippen LogP contribution < -0.4 is 0 Å². The fourth-order valence-corrected chi connectivity index (χ4v) is 4.47. The average Bonchev–Trinajstić information content (AvgIpc) is 2.77. The van der Waals surface area contributed by atoms with Crippen molar-refractivity contribution in [3.05, 3.63) is 108 Å². The van der Waals surface area contributed by atoms with Crippen LogP contribution in [0.5, 0.6) is 0 Å². The fourth-order valence-electron chi connectivity index (χ4n) is 4.47. The van der Waals surface area contributed by atoms with Gasteiger partial charge in [0.15, 0.2) is 0 Å². The van der Waals surface area contributed by atoms with Crippen molar-refractivity contribution in [1.82, 2.24) is 4.90 Å². The van der Waals surface area contributed by atoms with Gasteiger partial charge in [0.2, 0.25) is 0 Å². The summed E-state index contributed by atoms with van der Waals surface area (Å²) in [6.45, 7) is 4.21. The minimum Gasteiger partial charge on any atom is -0.392 e. The molecule has 0 spiro atoms. The van der Waals surface area contributed by atoms with Gasteiger partial charge in [0.1, 0.15) is 0 Å². The zero-order chi connectivity index (χ0) is 20.0. The van der Waals surface area contributed by atoms with Crippen LogP contribution in [-0.2, 0) is 5.54 Å². The number of hydrogen-bond donors (Lipinski definition) is 1. The minimum atomic E-state index is -0.486. The van der Waals surface area contributed by atoms with Crippen molar-refractivity contribution in [3.8, 4) is 0 Å². The molecule has 1 unspecified atom stereocenters. The summed E-state index contributed by atoms with van der Waals surface area (Å²) in [6, 6.07) is 32.0.